The molecule has 0 radical (unpaired) electrons. The number of halogens is 1. The fourth-order valence-corrected chi connectivity index (χ4v) is 3.74. The van der Waals surface area contributed by atoms with Gasteiger partial charge in [0.25, 0.3) is 0 Å². The Balaban J connectivity index is 1.45. The molecule has 14 nitrogen and oxygen atoms in total. The van der Waals surface area contributed by atoms with Crippen LogP contribution in [-0.4, -0.2) is 58.3 Å². The SMILES string of the molecule is CN(N)/N=C(\N)N1Cc2nc(-c3ccc(N4C[C@H](CO[P+]([O-])([O-])O)OC4=O)cc3F)oc2C1. The van der Waals surface area contributed by atoms with Crippen LogP contribution in [0.15, 0.2) is 27.7 Å². The number of cyclic esters (lactones) is 1. The van der Waals surface area contributed by atoms with E-state index < -0.39 is 32.8 Å². The van der Waals surface area contributed by atoms with E-state index in [1.165, 1.54) is 19.2 Å². The van der Waals surface area contributed by atoms with Crippen molar-refractivity contribution >= 4 is 25.9 Å². The minimum atomic E-state index is -4.96. The van der Waals surface area contributed by atoms with E-state index in [-0.39, 0.29) is 29.6 Å². The molecular formula is C17H20FN7O7P-. The fraction of sp³-hybridized carbons (Fsp3) is 0.353. The van der Waals surface area contributed by atoms with Gasteiger partial charge in [-0.3, -0.25) is 4.90 Å². The quantitative estimate of drug-likeness (QED) is 0.142. The van der Waals surface area contributed by atoms with Crippen LogP contribution in [-0.2, 0) is 22.4 Å². The highest BCUT2D eigenvalue weighted by Gasteiger charge is 2.35. The Hall–Kier alpha value is -3.07. The maximum Gasteiger partial charge on any atom is 0.414 e. The number of anilines is 1. The lowest BCUT2D eigenvalue weighted by Gasteiger charge is -2.25. The minimum absolute atomic E-state index is 0.0690. The first-order valence-corrected chi connectivity index (χ1v) is 11.0. The Morgan fingerprint density at radius 2 is 2.24 bits per heavy atom. The first-order chi connectivity index (χ1) is 15.5. The van der Waals surface area contributed by atoms with Gasteiger partial charge < -0.3 is 29.6 Å². The molecule has 5 N–H and O–H groups in total. The number of carbonyl (C=O) groups excluding carboxylic acids is 1. The normalized spacial score (nSPS) is 18.7. The number of phosphoric ester groups is 1. The summed E-state index contributed by atoms with van der Waals surface area (Å²) < 4.78 is 29.8. The summed E-state index contributed by atoms with van der Waals surface area (Å²) in [6, 6.07) is 3.98. The third-order valence-electron chi connectivity index (χ3n) is 4.83. The molecule has 2 aromatic rings. The van der Waals surface area contributed by atoms with Crippen LogP contribution < -0.4 is 26.3 Å². The van der Waals surface area contributed by atoms with E-state index in [0.29, 0.717) is 24.5 Å². The third kappa shape index (κ3) is 5.13. The number of rotatable bonds is 6. The molecule has 0 unspecified atom stereocenters. The Morgan fingerprint density at radius 1 is 1.48 bits per heavy atom. The van der Waals surface area contributed by atoms with Gasteiger partial charge >= 0.3 is 6.09 Å². The van der Waals surface area contributed by atoms with Crippen LogP contribution in [0.5, 0.6) is 0 Å². The van der Waals surface area contributed by atoms with Gasteiger partial charge in [0, 0.05) is 7.05 Å². The third-order valence-corrected chi connectivity index (χ3v) is 5.31. The van der Waals surface area contributed by atoms with Crippen molar-refractivity contribution in [3.05, 3.63) is 35.5 Å². The van der Waals surface area contributed by atoms with Crippen molar-refractivity contribution in [1.29, 1.82) is 0 Å². The highest BCUT2D eigenvalue weighted by Crippen LogP contribution is 2.36. The lowest BCUT2D eigenvalue weighted by molar-refractivity contribution is -0.362. The molecule has 1 aromatic carbocycles. The number of fused-ring (bicyclic) bond motifs is 1. The first-order valence-electron chi connectivity index (χ1n) is 9.52. The Kier molecular flexibility index (Phi) is 6.09. The summed E-state index contributed by atoms with van der Waals surface area (Å²) in [6.07, 6.45) is -1.77. The Morgan fingerprint density at radius 3 is 2.88 bits per heavy atom. The summed E-state index contributed by atoms with van der Waals surface area (Å²) in [5.74, 6) is 5.52. The molecule has 2 aliphatic heterocycles. The largest absolute Gasteiger partial charge is 0.635 e. The molecule has 0 aliphatic carbocycles. The first kappa shape index (κ1) is 23.1. The summed E-state index contributed by atoms with van der Waals surface area (Å²) >= 11 is 0. The molecule has 178 valence electrons. The number of hydrazine groups is 1. The number of aromatic nitrogens is 1. The number of hydrogen-bond acceptors (Lipinski definition) is 11. The molecule has 2 aliphatic rings. The molecule has 1 amide bonds. The van der Waals surface area contributed by atoms with Crippen molar-refractivity contribution in [2.75, 3.05) is 25.1 Å². The van der Waals surface area contributed by atoms with Crippen molar-refractivity contribution in [2.45, 2.75) is 19.2 Å². The molecule has 0 saturated carbocycles. The molecule has 0 bridgehead atoms. The van der Waals surface area contributed by atoms with Gasteiger partial charge in [-0.15, -0.1) is 5.10 Å². The number of nitrogens with two attached hydrogens (primary N) is 2. The summed E-state index contributed by atoms with van der Waals surface area (Å²) in [7, 11) is -3.43. The topological polar surface area (TPSA) is 202 Å². The zero-order chi connectivity index (χ0) is 23.9. The number of benzene rings is 1. The fourth-order valence-electron chi connectivity index (χ4n) is 3.38. The molecule has 33 heavy (non-hydrogen) atoms. The lowest BCUT2D eigenvalue weighted by Crippen LogP contribution is -2.36. The minimum Gasteiger partial charge on any atom is -0.635 e. The average Bonchev–Trinajstić information content (AvgIpc) is 3.38. The van der Waals surface area contributed by atoms with E-state index in [9.17, 15) is 19.0 Å². The van der Waals surface area contributed by atoms with E-state index in [2.05, 4.69) is 14.6 Å². The number of hydrogen-bond donors (Lipinski definition) is 3. The molecule has 0 spiro atoms. The highest BCUT2D eigenvalue weighted by atomic mass is 31.2. The van der Waals surface area contributed by atoms with Crippen LogP contribution in [0, 0.1) is 5.82 Å². The van der Waals surface area contributed by atoms with Gasteiger partial charge in [0.2, 0.25) is 11.9 Å². The summed E-state index contributed by atoms with van der Waals surface area (Å²) in [6.45, 7) is -0.0508. The number of amides is 1. The molecule has 1 atom stereocenters. The van der Waals surface area contributed by atoms with Gasteiger partial charge in [0.05, 0.1) is 30.9 Å². The standard InChI is InChI=1S/C17H21FN7O7P/c1-23(20)22-16(19)24-6-13-14(7-24)32-15(21-13)11-3-2-9(4-12(11)18)25-5-10(31-17(25)26)8-30-33(27,28)29/h2-4,10H,5-8,20H2,1H3,(H2,19,22)(H2,27,28,29)/p-1/t10-/m1/s1. The predicted octanol–water partition coefficient (Wildman–Crippen LogP) is -1.44. The monoisotopic (exact) mass is 484 g/mol. The van der Waals surface area contributed by atoms with Crippen LogP contribution in [0.4, 0.5) is 14.9 Å². The van der Waals surface area contributed by atoms with E-state index >= 15 is 0 Å². The Labute approximate surface area is 187 Å². The Bertz CT molecular complexity index is 1070. The number of guanidine groups is 1. The molecule has 1 aromatic heterocycles. The van der Waals surface area contributed by atoms with Gasteiger partial charge in [0.15, 0.2) is 8.17 Å². The average molecular weight is 484 g/mol. The maximum absolute atomic E-state index is 14.8. The van der Waals surface area contributed by atoms with Gasteiger partial charge in [-0.05, 0) is 18.2 Å². The van der Waals surface area contributed by atoms with Crippen LogP contribution in [0.25, 0.3) is 11.5 Å². The number of carbonyl (C=O) groups is 1. The summed E-state index contributed by atoms with van der Waals surface area (Å²) in [5, 5.41) is 4.98. The summed E-state index contributed by atoms with van der Waals surface area (Å²) in [4.78, 5) is 49.3. The second-order valence-corrected chi connectivity index (χ2v) is 8.52. The van der Waals surface area contributed by atoms with Crippen molar-refractivity contribution in [3.8, 4) is 11.5 Å². The zero-order valence-corrected chi connectivity index (χ0v) is 18.1. The van der Waals surface area contributed by atoms with Crippen molar-refractivity contribution in [2.24, 2.45) is 16.7 Å². The zero-order valence-electron chi connectivity index (χ0n) is 17.3. The molecule has 4 rings (SSSR count). The van der Waals surface area contributed by atoms with E-state index in [0.717, 1.165) is 16.1 Å². The second kappa shape index (κ2) is 8.70. The number of phosphoric acid groups is 1. The van der Waals surface area contributed by atoms with Crippen molar-refractivity contribution in [3.63, 3.8) is 0 Å². The predicted molar refractivity (Wildman–Crippen MR) is 107 cm³/mol. The van der Waals surface area contributed by atoms with E-state index in [1.54, 1.807) is 4.90 Å². The smallest absolute Gasteiger partial charge is 0.414 e. The van der Waals surface area contributed by atoms with Gasteiger partial charge in [-0.25, -0.2) is 34.5 Å². The molecular weight excluding hydrogens is 464 g/mol. The van der Waals surface area contributed by atoms with Crippen molar-refractivity contribution < 1.29 is 37.5 Å². The van der Waals surface area contributed by atoms with Crippen LogP contribution in [0.3, 0.4) is 0 Å². The van der Waals surface area contributed by atoms with Gasteiger partial charge in [0.1, 0.15) is 30.0 Å². The maximum atomic E-state index is 14.8. The van der Waals surface area contributed by atoms with Gasteiger partial charge in [-0.1, -0.05) is 0 Å². The number of oxazole rings is 1. The van der Waals surface area contributed by atoms with Crippen LogP contribution in [0.2, 0.25) is 0 Å². The number of nitrogens with zero attached hydrogens (tertiary/aromatic N) is 5. The van der Waals surface area contributed by atoms with E-state index in [4.69, 9.17) is 25.6 Å². The van der Waals surface area contributed by atoms with Crippen LogP contribution >= 0.6 is 8.17 Å². The molecule has 16 heteroatoms. The molecule has 3 heterocycles. The molecule has 1 saturated heterocycles. The highest BCUT2D eigenvalue weighted by molar-refractivity contribution is 7.50. The molecule has 1 fully saturated rings. The van der Waals surface area contributed by atoms with Crippen LogP contribution in [0.1, 0.15) is 11.5 Å². The lowest BCUT2D eigenvalue weighted by atomic mass is 10.1. The summed E-state index contributed by atoms with van der Waals surface area (Å²) in [5.41, 5.74) is 6.71. The van der Waals surface area contributed by atoms with Gasteiger partial charge in [-0.2, -0.15) is 0 Å². The number of ether oxygens (including phenoxy) is 1. The van der Waals surface area contributed by atoms with Crippen molar-refractivity contribution in [1.82, 2.24) is 15.0 Å². The number of hydrazone groups is 1. The van der Waals surface area contributed by atoms with E-state index in [1.807, 2.05) is 0 Å². The second-order valence-electron chi connectivity index (χ2n) is 7.32.